The van der Waals surface area contributed by atoms with Gasteiger partial charge in [-0.25, -0.2) is 4.79 Å². The fourth-order valence-corrected chi connectivity index (χ4v) is 4.91. The van der Waals surface area contributed by atoms with Crippen LogP contribution in [0.3, 0.4) is 0 Å². The molecule has 0 bridgehead atoms. The Morgan fingerprint density at radius 2 is 1.69 bits per heavy atom. The number of methoxy groups -OCH3 is 1. The summed E-state index contributed by atoms with van der Waals surface area (Å²) in [6.07, 6.45) is 3.03. The molecule has 0 amide bonds. The zero-order valence-corrected chi connectivity index (χ0v) is 22.3. The van der Waals surface area contributed by atoms with E-state index in [4.69, 9.17) is 13.9 Å². The van der Waals surface area contributed by atoms with E-state index in [1.807, 2.05) is 54.6 Å². The van der Waals surface area contributed by atoms with Gasteiger partial charge in [-0.2, -0.15) is 0 Å². The molecule has 1 aliphatic heterocycles. The molecule has 1 saturated heterocycles. The van der Waals surface area contributed by atoms with Gasteiger partial charge in [0, 0.05) is 55.5 Å². The molecule has 1 aromatic heterocycles. The molecule has 200 valence electrons. The molecule has 5 rings (SSSR count). The zero-order valence-electron chi connectivity index (χ0n) is 22.3. The second-order valence-electron chi connectivity index (χ2n) is 9.48. The number of fused-ring (bicyclic) bond motifs is 1. The molecule has 0 unspecified atom stereocenters. The molecule has 0 radical (unpaired) electrons. The van der Waals surface area contributed by atoms with Crippen molar-refractivity contribution in [2.24, 2.45) is 0 Å². The highest BCUT2D eigenvalue weighted by atomic mass is 16.5. The van der Waals surface area contributed by atoms with Gasteiger partial charge >= 0.3 is 5.97 Å². The Kier molecular flexibility index (Phi) is 8.08. The quantitative estimate of drug-likeness (QED) is 0.233. The minimum absolute atomic E-state index is 0.0845. The normalized spacial score (nSPS) is 14.2. The summed E-state index contributed by atoms with van der Waals surface area (Å²) in [4.78, 5) is 30.1. The summed E-state index contributed by atoms with van der Waals surface area (Å²) in [6.45, 7) is 6.26. The summed E-state index contributed by atoms with van der Waals surface area (Å²) < 4.78 is 17.2. The molecular weight excluding hydrogens is 492 g/mol. The first-order valence-electron chi connectivity index (χ1n) is 13.1. The van der Waals surface area contributed by atoms with E-state index >= 15 is 0 Å². The summed E-state index contributed by atoms with van der Waals surface area (Å²) in [5.41, 5.74) is 3.49. The molecule has 4 aromatic rings. The number of carbonyl (C=O) groups excluding carboxylic acids is 1. The topological polar surface area (TPSA) is 72.2 Å². The Morgan fingerprint density at radius 1 is 0.949 bits per heavy atom. The maximum absolute atomic E-state index is 13.0. The molecular formula is C32H32N2O5. The zero-order chi connectivity index (χ0) is 27.2. The number of nitrogens with zero attached hydrogens (tertiary/aromatic N) is 2. The predicted octanol–water partition coefficient (Wildman–Crippen LogP) is 5.16. The van der Waals surface area contributed by atoms with Gasteiger partial charge in [-0.15, -0.1) is 0 Å². The van der Waals surface area contributed by atoms with Gasteiger partial charge in [-0.3, -0.25) is 9.69 Å². The molecule has 7 heteroatoms. The van der Waals surface area contributed by atoms with Crippen molar-refractivity contribution in [3.8, 4) is 17.1 Å². The number of carbonyl (C=O) groups is 1. The standard InChI is InChI=1S/C32H32N2O5/c1-23-30(36)26-12-8-11-25(32(26)39-31(23)24-9-4-3-5-10-24)15-16-29(35)38-22-21-33-17-19-34(20-18-33)27-13-6-7-14-28(27)37-2/h3-16H,17-22H2,1-2H3/b16-15+. The maximum atomic E-state index is 13.0. The first kappa shape index (κ1) is 26.3. The van der Waals surface area contributed by atoms with E-state index in [-0.39, 0.29) is 5.43 Å². The number of ether oxygens (including phenoxy) is 2. The average Bonchev–Trinajstić information content (AvgIpc) is 2.98. The number of anilines is 1. The molecule has 0 spiro atoms. The van der Waals surface area contributed by atoms with Gasteiger partial charge in [0.25, 0.3) is 0 Å². The molecule has 2 heterocycles. The Balaban J connectivity index is 1.19. The SMILES string of the molecule is COc1ccccc1N1CCN(CCOC(=O)/C=C/c2cccc3c(=O)c(C)c(-c4ccccc4)oc23)CC1. The molecule has 0 saturated carbocycles. The van der Waals surface area contributed by atoms with E-state index in [1.165, 1.54) is 6.08 Å². The van der Waals surface area contributed by atoms with E-state index in [0.29, 0.717) is 41.0 Å². The minimum atomic E-state index is -0.433. The van der Waals surface area contributed by atoms with Crippen LogP contribution in [-0.4, -0.2) is 57.3 Å². The highest BCUT2D eigenvalue weighted by Gasteiger charge is 2.19. The van der Waals surface area contributed by atoms with Crippen molar-refractivity contribution in [2.45, 2.75) is 6.92 Å². The third-order valence-corrected chi connectivity index (χ3v) is 7.06. The van der Waals surface area contributed by atoms with Crippen molar-refractivity contribution in [1.82, 2.24) is 4.90 Å². The van der Waals surface area contributed by atoms with Crippen LogP contribution in [0, 0.1) is 6.92 Å². The van der Waals surface area contributed by atoms with Crippen LogP contribution in [0.25, 0.3) is 28.4 Å². The van der Waals surface area contributed by atoms with E-state index in [2.05, 4.69) is 15.9 Å². The van der Waals surface area contributed by atoms with E-state index in [9.17, 15) is 9.59 Å². The van der Waals surface area contributed by atoms with Gasteiger partial charge in [-0.05, 0) is 31.2 Å². The molecule has 0 aliphatic carbocycles. The molecule has 0 N–H and O–H groups in total. The summed E-state index contributed by atoms with van der Waals surface area (Å²) >= 11 is 0. The number of hydrogen-bond acceptors (Lipinski definition) is 7. The van der Waals surface area contributed by atoms with Crippen LogP contribution < -0.4 is 15.1 Å². The van der Waals surface area contributed by atoms with Crippen molar-refractivity contribution in [3.05, 3.63) is 100 Å². The lowest BCUT2D eigenvalue weighted by Gasteiger charge is -2.36. The van der Waals surface area contributed by atoms with Crippen LogP contribution in [0.4, 0.5) is 5.69 Å². The number of benzene rings is 3. The number of piperazine rings is 1. The molecule has 39 heavy (non-hydrogen) atoms. The van der Waals surface area contributed by atoms with Crippen LogP contribution in [0.2, 0.25) is 0 Å². The summed E-state index contributed by atoms with van der Waals surface area (Å²) in [7, 11) is 1.69. The Bertz CT molecular complexity index is 1540. The van der Waals surface area contributed by atoms with Crippen molar-refractivity contribution in [1.29, 1.82) is 0 Å². The number of hydrogen-bond donors (Lipinski definition) is 0. The third kappa shape index (κ3) is 5.89. The largest absolute Gasteiger partial charge is 0.495 e. The van der Waals surface area contributed by atoms with Gasteiger partial charge in [0.15, 0.2) is 5.43 Å². The summed E-state index contributed by atoms with van der Waals surface area (Å²) in [6, 6.07) is 22.9. The molecule has 1 aliphatic rings. The number of para-hydroxylation sites is 3. The highest BCUT2D eigenvalue weighted by Crippen LogP contribution is 2.29. The minimum Gasteiger partial charge on any atom is -0.495 e. The van der Waals surface area contributed by atoms with E-state index < -0.39 is 5.97 Å². The fourth-order valence-electron chi connectivity index (χ4n) is 4.91. The van der Waals surface area contributed by atoms with Crippen molar-refractivity contribution < 1.29 is 18.7 Å². The maximum Gasteiger partial charge on any atom is 0.330 e. The smallest absolute Gasteiger partial charge is 0.330 e. The van der Waals surface area contributed by atoms with Crippen molar-refractivity contribution in [2.75, 3.05) is 51.3 Å². The van der Waals surface area contributed by atoms with Gasteiger partial charge in [0.05, 0.1) is 18.2 Å². The van der Waals surface area contributed by atoms with Crippen LogP contribution in [0.1, 0.15) is 11.1 Å². The molecule has 1 fully saturated rings. The van der Waals surface area contributed by atoms with E-state index in [0.717, 1.165) is 43.2 Å². The molecule has 7 nitrogen and oxygen atoms in total. The Morgan fingerprint density at radius 3 is 2.46 bits per heavy atom. The van der Waals surface area contributed by atoms with Crippen LogP contribution in [0.5, 0.6) is 5.75 Å². The predicted molar refractivity (Wildman–Crippen MR) is 154 cm³/mol. The average molecular weight is 525 g/mol. The third-order valence-electron chi connectivity index (χ3n) is 7.06. The van der Waals surface area contributed by atoms with Crippen molar-refractivity contribution >= 4 is 28.7 Å². The summed E-state index contributed by atoms with van der Waals surface area (Å²) in [5, 5.41) is 0.481. The van der Waals surface area contributed by atoms with Gasteiger partial charge in [0.2, 0.25) is 0 Å². The van der Waals surface area contributed by atoms with Crippen LogP contribution >= 0.6 is 0 Å². The summed E-state index contributed by atoms with van der Waals surface area (Å²) in [5.74, 6) is 0.975. The highest BCUT2D eigenvalue weighted by molar-refractivity contribution is 5.93. The first-order valence-corrected chi connectivity index (χ1v) is 13.1. The second kappa shape index (κ2) is 12.0. The lowest BCUT2D eigenvalue weighted by atomic mass is 10.0. The van der Waals surface area contributed by atoms with Crippen LogP contribution in [-0.2, 0) is 9.53 Å². The fraction of sp³-hybridized carbons (Fsp3) is 0.250. The van der Waals surface area contributed by atoms with Gasteiger partial charge < -0.3 is 18.8 Å². The first-order chi connectivity index (χ1) is 19.0. The van der Waals surface area contributed by atoms with Gasteiger partial charge in [-0.1, -0.05) is 54.6 Å². The van der Waals surface area contributed by atoms with Crippen LogP contribution in [0.15, 0.2) is 88.1 Å². The van der Waals surface area contributed by atoms with E-state index in [1.54, 1.807) is 32.2 Å². The van der Waals surface area contributed by atoms with Gasteiger partial charge in [0.1, 0.15) is 23.7 Å². The lowest BCUT2D eigenvalue weighted by molar-refractivity contribution is -0.138. The Labute approximate surface area is 227 Å². The Hall–Kier alpha value is -4.36. The number of esters is 1. The molecule has 3 aromatic carbocycles. The monoisotopic (exact) mass is 524 g/mol. The second-order valence-corrected chi connectivity index (χ2v) is 9.48. The van der Waals surface area contributed by atoms with Crippen molar-refractivity contribution in [3.63, 3.8) is 0 Å². The number of rotatable bonds is 8. The molecule has 0 atom stereocenters. The lowest BCUT2D eigenvalue weighted by Crippen LogP contribution is -2.47.